The topological polar surface area (TPSA) is 46.2 Å². The minimum absolute atomic E-state index is 0.298. The molecule has 0 bridgehead atoms. The first-order valence-electron chi connectivity index (χ1n) is 4.22. The van der Waals surface area contributed by atoms with E-state index in [0.717, 1.165) is 15.6 Å². The van der Waals surface area contributed by atoms with Gasteiger partial charge in [-0.05, 0) is 37.1 Å². The lowest BCUT2D eigenvalue weighted by Gasteiger charge is -2.17. The Morgan fingerprint density at radius 2 is 2.08 bits per heavy atom. The van der Waals surface area contributed by atoms with Gasteiger partial charge >= 0.3 is 0 Å². The third-order valence-corrected chi connectivity index (χ3v) is 2.60. The molecule has 2 atom stereocenters. The summed E-state index contributed by atoms with van der Waals surface area (Å²) < 4.78 is 1.03. The normalized spacial score (nSPS) is 15.5. The zero-order chi connectivity index (χ0) is 10.0. The standard InChI is InChI=1S/C10H14BrNO/c1-6-5-8(11)3-4-9(6)10(12)7(2)13/h3-5,7,10,13H,12H2,1-2H3. The van der Waals surface area contributed by atoms with Crippen molar-refractivity contribution in [2.75, 3.05) is 0 Å². The molecule has 0 fully saturated rings. The molecular weight excluding hydrogens is 230 g/mol. The Morgan fingerprint density at radius 1 is 1.46 bits per heavy atom. The van der Waals surface area contributed by atoms with E-state index in [-0.39, 0.29) is 6.04 Å². The van der Waals surface area contributed by atoms with Crippen molar-refractivity contribution in [1.29, 1.82) is 0 Å². The Kier molecular flexibility index (Phi) is 3.47. The van der Waals surface area contributed by atoms with Gasteiger partial charge in [-0.25, -0.2) is 0 Å². The van der Waals surface area contributed by atoms with E-state index in [1.807, 2.05) is 25.1 Å². The van der Waals surface area contributed by atoms with Crippen LogP contribution in [0.1, 0.15) is 24.1 Å². The largest absolute Gasteiger partial charge is 0.391 e. The van der Waals surface area contributed by atoms with E-state index in [1.165, 1.54) is 0 Å². The molecule has 72 valence electrons. The molecule has 2 nitrogen and oxygen atoms in total. The summed E-state index contributed by atoms with van der Waals surface area (Å²) >= 11 is 3.38. The molecule has 0 spiro atoms. The first-order chi connectivity index (χ1) is 6.02. The maximum Gasteiger partial charge on any atom is 0.0704 e. The van der Waals surface area contributed by atoms with Crippen LogP contribution in [0.15, 0.2) is 22.7 Å². The number of hydrogen-bond donors (Lipinski definition) is 2. The average Bonchev–Trinajstić information content (AvgIpc) is 2.03. The summed E-state index contributed by atoms with van der Waals surface area (Å²) in [7, 11) is 0. The van der Waals surface area contributed by atoms with Gasteiger partial charge in [0.2, 0.25) is 0 Å². The summed E-state index contributed by atoms with van der Waals surface area (Å²) in [6, 6.07) is 5.58. The molecular formula is C10H14BrNO. The van der Waals surface area contributed by atoms with Crippen LogP contribution < -0.4 is 5.73 Å². The van der Waals surface area contributed by atoms with Crippen LogP contribution in [0, 0.1) is 6.92 Å². The summed E-state index contributed by atoms with van der Waals surface area (Å²) in [6.45, 7) is 3.69. The van der Waals surface area contributed by atoms with Gasteiger partial charge in [0, 0.05) is 4.47 Å². The van der Waals surface area contributed by atoms with Crippen molar-refractivity contribution in [3.63, 3.8) is 0 Å². The van der Waals surface area contributed by atoms with E-state index in [4.69, 9.17) is 5.73 Å². The van der Waals surface area contributed by atoms with Crippen molar-refractivity contribution in [3.8, 4) is 0 Å². The van der Waals surface area contributed by atoms with E-state index in [2.05, 4.69) is 15.9 Å². The van der Waals surface area contributed by atoms with Gasteiger partial charge in [-0.1, -0.05) is 22.0 Å². The summed E-state index contributed by atoms with van der Waals surface area (Å²) in [6.07, 6.45) is -0.514. The smallest absolute Gasteiger partial charge is 0.0704 e. The number of aryl methyl sites for hydroxylation is 1. The number of aliphatic hydroxyl groups is 1. The van der Waals surface area contributed by atoms with Gasteiger partial charge in [-0.2, -0.15) is 0 Å². The predicted molar refractivity (Wildman–Crippen MR) is 57.5 cm³/mol. The molecule has 0 aromatic heterocycles. The molecule has 1 rings (SSSR count). The van der Waals surface area contributed by atoms with Crippen LogP contribution in [-0.4, -0.2) is 11.2 Å². The van der Waals surface area contributed by atoms with Crippen LogP contribution in [0.3, 0.4) is 0 Å². The summed E-state index contributed by atoms with van der Waals surface area (Å²) in [5.74, 6) is 0. The van der Waals surface area contributed by atoms with Crippen molar-refractivity contribution < 1.29 is 5.11 Å². The second-order valence-corrected chi connectivity index (χ2v) is 4.18. The molecule has 0 aliphatic rings. The fourth-order valence-electron chi connectivity index (χ4n) is 1.27. The second-order valence-electron chi connectivity index (χ2n) is 3.27. The molecule has 3 N–H and O–H groups in total. The zero-order valence-electron chi connectivity index (χ0n) is 7.79. The molecule has 1 aromatic rings. The summed E-state index contributed by atoms with van der Waals surface area (Å²) in [5, 5.41) is 9.33. The van der Waals surface area contributed by atoms with Crippen LogP contribution in [0.2, 0.25) is 0 Å². The molecule has 0 aliphatic carbocycles. The first kappa shape index (κ1) is 10.7. The maximum atomic E-state index is 9.33. The van der Waals surface area contributed by atoms with Crippen LogP contribution in [-0.2, 0) is 0 Å². The minimum Gasteiger partial charge on any atom is -0.391 e. The van der Waals surface area contributed by atoms with Crippen molar-refractivity contribution >= 4 is 15.9 Å². The van der Waals surface area contributed by atoms with Crippen LogP contribution >= 0.6 is 15.9 Å². The molecule has 0 saturated heterocycles. The Balaban J connectivity index is 3.01. The lowest BCUT2D eigenvalue weighted by atomic mass is 9.99. The molecule has 0 saturated carbocycles. The number of rotatable bonds is 2. The fourth-order valence-corrected chi connectivity index (χ4v) is 1.75. The third kappa shape index (κ3) is 2.53. The maximum absolute atomic E-state index is 9.33. The molecule has 0 radical (unpaired) electrons. The van der Waals surface area contributed by atoms with E-state index < -0.39 is 6.10 Å². The van der Waals surface area contributed by atoms with Crippen molar-refractivity contribution in [3.05, 3.63) is 33.8 Å². The number of halogens is 1. The highest BCUT2D eigenvalue weighted by molar-refractivity contribution is 9.10. The molecule has 2 unspecified atom stereocenters. The highest BCUT2D eigenvalue weighted by Crippen LogP contribution is 2.22. The van der Waals surface area contributed by atoms with E-state index >= 15 is 0 Å². The van der Waals surface area contributed by atoms with Crippen LogP contribution in [0.5, 0.6) is 0 Å². The third-order valence-electron chi connectivity index (χ3n) is 2.11. The van der Waals surface area contributed by atoms with E-state index in [9.17, 15) is 5.11 Å². The van der Waals surface area contributed by atoms with Gasteiger partial charge in [0.25, 0.3) is 0 Å². The monoisotopic (exact) mass is 243 g/mol. The van der Waals surface area contributed by atoms with Crippen molar-refractivity contribution in [2.24, 2.45) is 5.73 Å². The molecule has 0 heterocycles. The molecule has 3 heteroatoms. The van der Waals surface area contributed by atoms with Crippen LogP contribution in [0.4, 0.5) is 0 Å². The first-order valence-corrected chi connectivity index (χ1v) is 5.01. The van der Waals surface area contributed by atoms with E-state index in [0.29, 0.717) is 0 Å². The van der Waals surface area contributed by atoms with Gasteiger partial charge in [0.15, 0.2) is 0 Å². The molecule has 0 aliphatic heterocycles. The van der Waals surface area contributed by atoms with Gasteiger partial charge in [-0.15, -0.1) is 0 Å². The van der Waals surface area contributed by atoms with E-state index in [1.54, 1.807) is 6.92 Å². The SMILES string of the molecule is Cc1cc(Br)ccc1C(N)C(C)O. The molecule has 13 heavy (non-hydrogen) atoms. The Hall–Kier alpha value is -0.380. The van der Waals surface area contributed by atoms with Crippen LogP contribution in [0.25, 0.3) is 0 Å². The average molecular weight is 244 g/mol. The Labute approximate surface area is 86.9 Å². The summed E-state index contributed by atoms with van der Waals surface area (Å²) in [4.78, 5) is 0. The minimum atomic E-state index is -0.514. The number of nitrogens with two attached hydrogens (primary N) is 1. The Morgan fingerprint density at radius 3 is 2.54 bits per heavy atom. The molecule has 1 aromatic carbocycles. The lowest BCUT2D eigenvalue weighted by molar-refractivity contribution is 0.164. The predicted octanol–water partition coefficient (Wildman–Crippen LogP) is 2.14. The van der Waals surface area contributed by atoms with Crippen molar-refractivity contribution in [1.82, 2.24) is 0 Å². The van der Waals surface area contributed by atoms with Gasteiger partial charge < -0.3 is 10.8 Å². The summed E-state index contributed by atoms with van der Waals surface area (Å²) in [5.41, 5.74) is 7.92. The quantitative estimate of drug-likeness (QED) is 0.837. The van der Waals surface area contributed by atoms with Gasteiger partial charge in [0.1, 0.15) is 0 Å². The van der Waals surface area contributed by atoms with Gasteiger partial charge in [0.05, 0.1) is 12.1 Å². The zero-order valence-corrected chi connectivity index (χ0v) is 9.38. The number of benzene rings is 1. The highest BCUT2D eigenvalue weighted by atomic mass is 79.9. The van der Waals surface area contributed by atoms with Crippen molar-refractivity contribution in [2.45, 2.75) is 26.0 Å². The fraction of sp³-hybridized carbons (Fsp3) is 0.400. The Bertz CT molecular complexity index is 299. The second kappa shape index (κ2) is 4.22. The van der Waals surface area contributed by atoms with Gasteiger partial charge in [-0.3, -0.25) is 0 Å². The number of aliphatic hydroxyl groups excluding tert-OH is 1. The molecule has 0 amide bonds. The highest BCUT2D eigenvalue weighted by Gasteiger charge is 2.13. The lowest BCUT2D eigenvalue weighted by Crippen LogP contribution is -2.23. The number of hydrogen-bond acceptors (Lipinski definition) is 2.